The number of aromatic nitrogens is 1. The van der Waals surface area contributed by atoms with E-state index in [0.717, 1.165) is 10.9 Å². The van der Waals surface area contributed by atoms with Crippen LogP contribution < -0.4 is 0 Å². The van der Waals surface area contributed by atoms with Crippen molar-refractivity contribution in [2.24, 2.45) is 0 Å². The molecule has 7 heteroatoms. The smallest absolute Gasteiger partial charge is 0.345 e. The van der Waals surface area contributed by atoms with E-state index in [-0.39, 0.29) is 23.9 Å². The average Bonchev–Trinajstić information content (AvgIpc) is 2.57. The summed E-state index contributed by atoms with van der Waals surface area (Å²) in [4.78, 5) is 28.5. The van der Waals surface area contributed by atoms with E-state index in [9.17, 15) is 9.59 Å². The molecule has 0 fully saturated rings. The topological polar surface area (TPSA) is 65.5 Å². The fraction of sp³-hybridized carbons (Fsp3) is 0.278. The fourth-order valence-corrected chi connectivity index (χ4v) is 2.57. The summed E-state index contributed by atoms with van der Waals surface area (Å²) in [6.45, 7) is 5.41. The number of hydrogen-bond donors (Lipinski definition) is 0. The van der Waals surface area contributed by atoms with Crippen LogP contribution in [-0.2, 0) is 19.1 Å². The van der Waals surface area contributed by atoms with E-state index in [1.54, 1.807) is 32.0 Å². The summed E-state index contributed by atoms with van der Waals surface area (Å²) in [5.74, 6) is -1.55. The Hall–Kier alpha value is -2.11. The number of esters is 2. The first-order valence-corrected chi connectivity index (χ1v) is 8.45. The number of rotatable bonds is 5. The van der Waals surface area contributed by atoms with Gasteiger partial charge in [0, 0.05) is 16.0 Å². The maximum Gasteiger partial charge on any atom is 0.345 e. The lowest BCUT2D eigenvalue weighted by atomic mass is 10.1. The number of pyridine rings is 1. The van der Waals surface area contributed by atoms with Gasteiger partial charge in [0.2, 0.25) is 0 Å². The molecule has 1 aromatic heterocycles. The molecule has 2 aromatic rings. The number of hydrogen-bond acceptors (Lipinski definition) is 5. The molecule has 132 valence electrons. The molecular formula is C18H17Cl2NO4. The second-order valence-corrected chi connectivity index (χ2v) is 5.88. The van der Waals surface area contributed by atoms with Gasteiger partial charge in [0.15, 0.2) is 0 Å². The molecule has 0 spiro atoms. The normalized spacial score (nSPS) is 10.4. The van der Waals surface area contributed by atoms with Gasteiger partial charge in [-0.15, -0.1) is 0 Å². The third-order valence-corrected chi connectivity index (χ3v) is 4.16. The van der Waals surface area contributed by atoms with Crippen LogP contribution in [0.5, 0.6) is 0 Å². The van der Waals surface area contributed by atoms with Crippen LogP contribution in [0, 0.1) is 6.92 Å². The highest BCUT2D eigenvalue weighted by Gasteiger charge is 2.22. The molecule has 0 aliphatic carbocycles. The van der Waals surface area contributed by atoms with E-state index in [4.69, 9.17) is 32.7 Å². The van der Waals surface area contributed by atoms with Crippen LogP contribution in [0.25, 0.3) is 17.0 Å². The molecule has 0 aliphatic rings. The molecule has 0 aliphatic heterocycles. The van der Waals surface area contributed by atoms with Crippen molar-refractivity contribution in [1.29, 1.82) is 0 Å². The van der Waals surface area contributed by atoms with Crippen LogP contribution >= 0.6 is 23.2 Å². The second kappa shape index (κ2) is 8.32. The minimum atomic E-state index is -0.774. The number of halogens is 2. The molecule has 5 nitrogen and oxygen atoms in total. The molecule has 0 unspecified atom stereocenters. The van der Waals surface area contributed by atoms with E-state index in [1.165, 1.54) is 6.08 Å². The van der Waals surface area contributed by atoms with Gasteiger partial charge in [-0.05, 0) is 44.5 Å². The Balaban J connectivity index is 2.58. The fourth-order valence-electron chi connectivity index (χ4n) is 2.23. The van der Waals surface area contributed by atoms with Crippen molar-refractivity contribution in [2.45, 2.75) is 20.8 Å². The summed E-state index contributed by atoms with van der Waals surface area (Å²) in [6.07, 6.45) is 1.33. The minimum Gasteiger partial charge on any atom is -0.462 e. The summed E-state index contributed by atoms with van der Waals surface area (Å²) < 4.78 is 9.83. The predicted octanol–water partition coefficient (Wildman–Crippen LogP) is 4.36. The van der Waals surface area contributed by atoms with Gasteiger partial charge in [-0.3, -0.25) is 0 Å². The lowest BCUT2D eigenvalue weighted by molar-refractivity contribution is -0.146. The first kappa shape index (κ1) is 19.2. The minimum absolute atomic E-state index is 0.136. The number of carbonyl (C=O) groups is 2. The third-order valence-electron chi connectivity index (χ3n) is 3.45. The van der Waals surface area contributed by atoms with Gasteiger partial charge in [0.05, 0.1) is 18.7 Å². The van der Waals surface area contributed by atoms with Crippen LogP contribution in [0.4, 0.5) is 0 Å². The maximum atomic E-state index is 12.1. The van der Waals surface area contributed by atoms with Crippen molar-refractivity contribution in [1.82, 2.24) is 4.98 Å². The molecule has 0 saturated heterocycles. The van der Waals surface area contributed by atoms with Crippen LogP contribution in [0.2, 0.25) is 10.2 Å². The zero-order chi connectivity index (χ0) is 18.6. The summed E-state index contributed by atoms with van der Waals surface area (Å²) in [5.41, 5.74) is 1.63. The number of aryl methyl sites for hydroxylation is 1. The molecule has 1 heterocycles. The first-order chi connectivity index (χ1) is 11.9. The zero-order valence-electron chi connectivity index (χ0n) is 14.1. The molecule has 0 bridgehead atoms. The van der Waals surface area contributed by atoms with Gasteiger partial charge in [0.1, 0.15) is 10.7 Å². The Labute approximate surface area is 155 Å². The molecule has 2 rings (SSSR count). The van der Waals surface area contributed by atoms with Gasteiger partial charge in [-0.2, -0.15) is 0 Å². The highest BCUT2D eigenvalue weighted by atomic mass is 35.5. The molecule has 25 heavy (non-hydrogen) atoms. The van der Waals surface area contributed by atoms with Crippen molar-refractivity contribution in [3.63, 3.8) is 0 Å². The van der Waals surface area contributed by atoms with Gasteiger partial charge >= 0.3 is 11.9 Å². The lowest BCUT2D eigenvalue weighted by Crippen LogP contribution is -2.18. The molecule has 0 N–H and O–H groups in total. The monoisotopic (exact) mass is 381 g/mol. The Morgan fingerprint density at radius 3 is 2.28 bits per heavy atom. The van der Waals surface area contributed by atoms with Crippen molar-refractivity contribution < 1.29 is 19.1 Å². The van der Waals surface area contributed by atoms with E-state index in [2.05, 4.69) is 4.98 Å². The molecule has 0 atom stereocenters. The largest absolute Gasteiger partial charge is 0.462 e. The number of benzene rings is 1. The van der Waals surface area contributed by atoms with Crippen LogP contribution in [0.3, 0.4) is 0 Å². The molecular weight excluding hydrogens is 365 g/mol. The Kier molecular flexibility index (Phi) is 6.39. The van der Waals surface area contributed by atoms with E-state index < -0.39 is 11.9 Å². The molecule has 0 saturated carbocycles. The van der Waals surface area contributed by atoms with E-state index >= 15 is 0 Å². The second-order valence-electron chi connectivity index (χ2n) is 5.11. The standard InChI is InChI=1S/C18H17Cl2NO4/c1-4-24-17(22)13(18(23)25-5-2)9-12-8-11-6-7-14(19)10(3)15(11)21-16(12)20/h6-9H,4-5H2,1-3H3. The van der Waals surface area contributed by atoms with Crippen molar-refractivity contribution in [3.05, 3.63) is 45.1 Å². The SMILES string of the molecule is CCOC(=O)C(=Cc1cc2ccc(Cl)c(C)c2nc1Cl)C(=O)OCC. The Morgan fingerprint density at radius 1 is 1.12 bits per heavy atom. The Bertz CT molecular complexity index is 842. The van der Waals surface area contributed by atoms with Gasteiger partial charge < -0.3 is 9.47 Å². The van der Waals surface area contributed by atoms with Crippen LogP contribution in [0.1, 0.15) is 25.0 Å². The number of fused-ring (bicyclic) bond motifs is 1. The molecule has 0 radical (unpaired) electrons. The van der Waals surface area contributed by atoms with Crippen LogP contribution in [0.15, 0.2) is 23.8 Å². The number of ether oxygens (including phenoxy) is 2. The highest BCUT2D eigenvalue weighted by Crippen LogP contribution is 2.28. The summed E-state index contributed by atoms with van der Waals surface area (Å²) in [6, 6.07) is 5.27. The summed E-state index contributed by atoms with van der Waals surface area (Å²) in [7, 11) is 0. The first-order valence-electron chi connectivity index (χ1n) is 7.70. The van der Waals surface area contributed by atoms with Crippen molar-refractivity contribution >= 4 is 52.1 Å². The van der Waals surface area contributed by atoms with Gasteiger partial charge in [0.25, 0.3) is 0 Å². The Morgan fingerprint density at radius 2 is 1.72 bits per heavy atom. The highest BCUT2D eigenvalue weighted by molar-refractivity contribution is 6.33. The molecule has 1 aromatic carbocycles. The maximum absolute atomic E-state index is 12.1. The van der Waals surface area contributed by atoms with E-state index in [0.29, 0.717) is 16.1 Å². The summed E-state index contributed by atoms with van der Waals surface area (Å²) in [5, 5.41) is 1.51. The predicted molar refractivity (Wildman–Crippen MR) is 97.7 cm³/mol. The number of nitrogens with zero attached hydrogens (tertiary/aromatic N) is 1. The lowest BCUT2D eigenvalue weighted by Gasteiger charge is -2.09. The van der Waals surface area contributed by atoms with Crippen molar-refractivity contribution in [2.75, 3.05) is 13.2 Å². The third kappa shape index (κ3) is 4.30. The van der Waals surface area contributed by atoms with Crippen molar-refractivity contribution in [3.8, 4) is 0 Å². The van der Waals surface area contributed by atoms with E-state index in [1.807, 2.05) is 6.92 Å². The molecule has 0 amide bonds. The number of carbonyl (C=O) groups excluding carboxylic acids is 2. The summed E-state index contributed by atoms with van der Waals surface area (Å²) >= 11 is 12.3. The van der Waals surface area contributed by atoms with Gasteiger partial charge in [-0.25, -0.2) is 14.6 Å². The van der Waals surface area contributed by atoms with Gasteiger partial charge in [-0.1, -0.05) is 29.3 Å². The average molecular weight is 382 g/mol. The quantitative estimate of drug-likeness (QED) is 0.253. The zero-order valence-corrected chi connectivity index (χ0v) is 15.6. The van der Waals surface area contributed by atoms with Crippen LogP contribution in [-0.4, -0.2) is 30.1 Å².